The molecule has 2 heteroatoms. The molecule has 0 bridgehead atoms. The highest BCUT2D eigenvalue weighted by Gasteiger charge is 2.24. The van der Waals surface area contributed by atoms with Gasteiger partial charge in [0.25, 0.3) is 0 Å². The summed E-state index contributed by atoms with van der Waals surface area (Å²) in [7, 11) is 0. The van der Waals surface area contributed by atoms with Crippen LogP contribution in [0.15, 0.2) is 4.99 Å². The minimum atomic E-state index is 0.556. The molecular formula is C21H42N2. The number of aliphatic imine (C=N–C) groups is 1. The van der Waals surface area contributed by atoms with Crippen LogP contribution in [-0.2, 0) is 0 Å². The molecule has 0 fully saturated rings. The molecule has 0 spiro atoms. The van der Waals surface area contributed by atoms with E-state index in [1.165, 1.54) is 89.3 Å². The third-order valence-electron chi connectivity index (χ3n) is 5.17. The van der Waals surface area contributed by atoms with Crippen molar-refractivity contribution < 1.29 is 0 Å². The van der Waals surface area contributed by atoms with E-state index in [-0.39, 0.29) is 0 Å². The van der Waals surface area contributed by atoms with Crippen molar-refractivity contribution in [3.63, 3.8) is 0 Å². The Morgan fingerprint density at radius 1 is 0.870 bits per heavy atom. The molecule has 0 N–H and O–H groups in total. The molecule has 0 aliphatic carbocycles. The molecule has 0 aromatic rings. The molecule has 0 saturated carbocycles. The van der Waals surface area contributed by atoms with Gasteiger partial charge in [-0.15, -0.1) is 0 Å². The molecule has 1 heterocycles. The second-order valence-corrected chi connectivity index (χ2v) is 7.64. The predicted molar refractivity (Wildman–Crippen MR) is 104 cm³/mol. The number of amidine groups is 1. The minimum Gasteiger partial charge on any atom is -0.356 e. The Morgan fingerprint density at radius 2 is 1.39 bits per heavy atom. The van der Waals surface area contributed by atoms with Crippen LogP contribution in [0.3, 0.4) is 0 Å². The Hall–Kier alpha value is -0.530. The largest absolute Gasteiger partial charge is 0.356 e. The van der Waals surface area contributed by atoms with Crippen LogP contribution in [-0.4, -0.2) is 29.4 Å². The van der Waals surface area contributed by atoms with Crippen LogP contribution in [0, 0.1) is 0 Å². The summed E-state index contributed by atoms with van der Waals surface area (Å²) < 4.78 is 0. The molecule has 1 atom stereocenters. The second-order valence-electron chi connectivity index (χ2n) is 7.64. The van der Waals surface area contributed by atoms with Crippen molar-refractivity contribution in [2.75, 3.05) is 6.54 Å². The van der Waals surface area contributed by atoms with Crippen LogP contribution in [0.1, 0.15) is 111 Å². The van der Waals surface area contributed by atoms with Gasteiger partial charge in [-0.3, -0.25) is 4.99 Å². The van der Waals surface area contributed by atoms with Crippen LogP contribution in [0.25, 0.3) is 0 Å². The Labute approximate surface area is 146 Å². The van der Waals surface area contributed by atoms with Crippen LogP contribution in [0.5, 0.6) is 0 Å². The topological polar surface area (TPSA) is 15.6 Å². The molecule has 0 amide bonds. The molecule has 1 unspecified atom stereocenters. The third-order valence-corrected chi connectivity index (χ3v) is 5.17. The summed E-state index contributed by atoms with van der Waals surface area (Å²) in [5, 5.41) is 0. The summed E-state index contributed by atoms with van der Waals surface area (Å²) in [5.41, 5.74) is 0. The summed E-state index contributed by atoms with van der Waals surface area (Å²) in [5.74, 6) is 1.39. The van der Waals surface area contributed by atoms with Gasteiger partial charge in [-0.1, -0.05) is 78.1 Å². The maximum atomic E-state index is 4.93. The molecule has 0 saturated heterocycles. The van der Waals surface area contributed by atoms with E-state index in [9.17, 15) is 0 Å². The Kier molecular flexibility index (Phi) is 11.5. The standard InChI is InChI=1S/C21H42N2/c1-5-7-8-9-10-11-12-13-14-15-16-17-21-22-20(6-2)18-23(21)19(3)4/h19-20H,5-18H2,1-4H3. The van der Waals surface area contributed by atoms with E-state index in [4.69, 9.17) is 4.99 Å². The molecule has 0 radical (unpaired) electrons. The predicted octanol–water partition coefficient (Wildman–Crippen LogP) is 6.59. The second kappa shape index (κ2) is 12.8. The van der Waals surface area contributed by atoms with Gasteiger partial charge in [0.05, 0.1) is 11.9 Å². The lowest BCUT2D eigenvalue weighted by Crippen LogP contribution is -2.35. The van der Waals surface area contributed by atoms with Crippen molar-refractivity contribution in [3.8, 4) is 0 Å². The maximum absolute atomic E-state index is 4.93. The number of unbranched alkanes of at least 4 members (excludes halogenated alkanes) is 10. The molecule has 1 aliphatic rings. The van der Waals surface area contributed by atoms with E-state index in [1.807, 2.05) is 0 Å². The van der Waals surface area contributed by atoms with Gasteiger partial charge in [-0.2, -0.15) is 0 Å². The maximum Gasteiger partial charge on any atom is 0.0996 e. The highest BCUT2D eigenvalue weighted by atomic mass is 15.3. The lowest BCUT2D eigenvalue weighted by Gasteiger charge is -2.25. The van der Waals surface area contributed by atoms with Crippen LogP contribution in [0.2, 0.25) is 0 Å². The zero-order valence-electron chi connectivity index (χ0n) is 16.4. The highest BCUT2D eigenvalue weighted by Crippen LogP contribution is 2.19. The van der Waals surface area contributed by atoms with E-state index in [0.29, 0.717) is 12.1 Å². The van der Waals surface area contributed by atoms with E-state index in [0.717, 1.165) is 6.54 Å². The number of hydrogen-bond acceptors (Lipinski definition) is 2. The third kappa shape index (κ3) is 8.77. The van der Waals surface area contributed by atoms with E-state index in [1.54, 1.807) is 0 Å². The van der Waals surface area contributed by atoms with Gasteiger partial charge in [-0.05, 0) is 26.7 Å². The highest BCUT2D eigenvalue weighted by molar-refractivity contribution is 5.84. The van der Waals surface area contributed by atoms with Crippen LogP contribution in [0.4, 0.5) is 0 Å². The number of hydrogen-bond donors (Lipinski definition) is 0. The number of rotatable bonds is 14. The zero-order chi connectivity index (χ0) is 16.9. The molecule has 0 aromatic carbocycles. The molecular weight excluding hydrogens is 280 g/mol. The first-order valence-electron chi connectivity index (χ1n) is 10.5. The van der Waals surface area contributed by atoms with Crippen molar-refractivity contribution in [2.45, 2.75) is 123 Å². The van der Waals surface area contributed by atoms with Crippen molar-refractivity contribution in [3.05, 3.63) is 0 Å². The summed E-state index contributed by atoms with van der Waals surface area (Å²) in [6.07, 6.45) is 18.0. The van der Waals surface area contributed by atoms with Gasteiger partial charge >= 0.3 is 0 Å². The van der Waals surface area contributed by atoms with Crippen molar-refractivity contribution in [2.24, 2.45) is 4.99 Å². The fourth-order valence-electron chi connectivity index (χ4n) is 3.54. The lowest BCUT2D eigenvalue weighted by molar-refractivity contribution is 0.348. The van der Waals surface area contributed by atoms with Crippen molar-refractivity contribution >= 4 is 5.84 Å². The van der Waals surface area contributed by atoms with E-state index >= 15 is 0 Å². The quantitative estimate of drug-likeness (QED) is 0.329. The first-order chi connectivity index (χ1) is 11.2. The average molecular weight is 323 g/mol. The molecule has 23 heavy (non-hydrogen) atoms. The monoisotopic (exact) mass is 322 g/mol. The molecule has 1 rings (SSSR count). The van der Waals surface area contributed by atoms with Crippen LogP contribution < -0.4 is 0 Å². The fraction of sp³-hybridized carbons (Fsp3) is 0.952. The van der Waals surface area contributed by atoms with Gasteiger partial charge in [0.2, 0.25) is 0 Å². The van der Waals surface area contributed by atoms with Crippen molar-refractivity contribution in [1.82, 2.24) is 4.90 Å². The van der Waals surface area contributed by atoms with E-state index < -0.39 is 0 Å². The zero-order valence-corrected chi connectivity index (χ0v) is 16.4. The summed E-state index contributed by atoms with van der Waals surface area (Å²) in [6, 6.07) is 1.16. The first-order valence-corrected chi connectivity index (χ1v) is 10.5. The minimum absolute atomic E-state index is 0.556. The van der Waals surface area contributed by atoms with Gasteiger partial charge in [0.15, 0.2) is 0 Å². The van der Waals surface area contributed by atoms with Gasteiger partial charge in [0, 0.05) is 19.0 Å². The first kappa shape index (κ1) is 20.5. The van der Waals surface area contributed by atoms with E-state index in [2.05, 4.69) is 32.6 Å². The smallest absolute Gasteiger partial charge is 0.0996 e. The SMILES string of the molecule is CCCCCCCCCCCCCC1=NC(CC)CN1C(C)C. The normalized spacial score (nSPS) is 18.0. The Morgan fingerprint density at radius 3 is 1.87 bits per heavy atom. The van der Waals surface area contributed by atoms with Gasteiger partial charge in [0.1, 0.15) is 0 Å². The molecule has 2 nitrogen and oxygen atoms in total. The molecule has 0 aromatic heterocycles. The molecule has 1 aliphatic heterocycles. The lowest BCUT2D eigenvalue weighted by atomic mass is 10.0. The van der Waals surface area contributed by atoms with Crippen LogP contribution >= 0.6 is 0 Å². The summed E-state index contributed by atoms with van der Waals surface area (Å²) in [6.45, 7) is 10.3. The summed E-state index contributed by atoms with van der Waals surface area (Å²) >= 11 is 0. The Bertz CT molecular complexity index is 309. The fourth-order valence-corrected chi connectivity index (χ4v) is 3.54. The average Bonchev–Trinajstić information content (AvgIpc) is 2.96. The molecule has 136 valence electrons. The van der Waals surface area contributed by atoms with Gasteiger partial charge in [-0.25, -0.2) is 0 Å². The number of nitrogens with zero attached hydrogens (tertiary/aromatic N) is 2. The Balaban J connectivity index is 2.00. The summed E-state index contributed by atoms with van der Waals surface area (Å²) in [4.78, 5) is 7.47. The van der Waals surface area contributed by atoms with Crippen molar-refractivity contribution in [1.29, 1.82) is 0 Å². The van der Waals surface area contributed by atoms with Gasteiger partial charge < -0.3 is 4.90 Å².